The van der Waals surface area contributed by atoms with Gasteiger partial charge in [0.05, 0.1) is 32.2 Å². The molecule has 0 unspecified atom stereocenters. The number of likely N-dealkylation sites (tertiary alicyclic amines) is 1. The lowest BCUT2D eigenvalue weighted by Gasteiger charge is -2.45. The molecule has 0 spiro atoms. The van der Waals surface area contributed by atoms with Crippen LogP contribution in [0.2, 0.25) is 5.15 Å². The Morgan fingerprint density at radius 2 is 1.24 bits per heavy atom. The number of aromatic nitrogens is 2. The van der Waals surface area contributed by atoms with Crippen molar-refractivity contribution in [2.75, 3.05) is 92.1 Å². The summed E-state index contributed by atoms with van der Waals surface area (Å²) in [5.74, 6) is 1.14. The Labute approximate surface area is 374 Å². The number of benzene rings is 2. The molecule has 1 fully saturated rings. The lowest BCUT2D eigenvalue weighted by molar-refractivity contribution is -0.933. The maximum atomic E-state index is 13.3. The second kappa shape index (κ2) is 27.4. The van der Waals surface area contributed by atoms with Crippen molar-refractivity contribution in [1.29, 1.82) is 0 Å². The lowest BCUT2D eigenvalue weighted by atomic mass is 9.99. The van der Waals surface area contributed by atoms with Crippen molar-refractivity contribution in [3.05, 3.63) is 70.5 Å². The molecule has 0 aliphatic carbocycles. The van der Waals surface area contributed by atoms with Gasteiger partial charge < -0.3 is 52.9 Å². The van der Waals surface area contributed by atoms with Crippen molar-refractivity contribution in [3.63, 3.8) is 0 Å². The molecule has 13 nitrogen and oxygen atoms in total. The summed E-state index contributed by atoms with van der Waals surface area (Å²) in [5.41, 5.74) is 14.1. The van der Waals surface area contributed by atoms with E-state index in [1.54, 1.807) is 0 Å². The first-order valence-electron chi connectivity index (χ1n) is 19.8. The molecule has 330 valence electrons. The number of amides is 1. The van der Waals surface area contributed by atoms with Crippen LogP contribution in [0.3, 0.4) is 0 Å². The predicted molar refractivity (Wildman–Crippen MR) is 237 cm³/mol. The summed E-state index contributed by atoms with van der Waals surface area (Å²) < 4.78 is 12.4. The van der Waals surface area contributed by atoms with Crippen molar-refractivity contribution in [3.8, 4) is 11.5 Å². The number of hydrogen-bond donors (Lipinski definition) is 3. The van der Waals surface area contributed by atoms with Crippen molar-refractivity contribution >= 4 is 65.5 Å². The Bertz CT molecular complexity index is 1640. The van der Waals surface area contributed by atoms with Gasteiger partial charge in [0.15, 0.2) is 34.0 Å². The topological polar surface area (TPSA) is 166 Å². The minimum Gasteiger partial charge on any atom is -1.00 e. The van der Waals surface area contributed by atoms with Crippen LogP contribution in [0.4, 0.5) is 11.6 Å². The Kier molecular flexibility index (Phi) is 24.9. The molecule has 0 saturated carbocycles. The molecule has 1 amide bonds. The minimum atomic E-state index is -0.406. The van der Waals surface area contributed by atoms with Gasteiger partial charge in [-0.3, -0.25) is 14.4 Å². The quantitative estimate of drug-likeness (QED) is 0.113. The van der Waals surface area contributed by atoms with E-state index in [0.29, 0.717) is 24.3 Å². The number of quaternary nitrogens is 1. The number of nitrogen functional groups attached to an aromatic ring is 2. The molecule has 59 heavy (non-hydrogen) atoms. The summed E-state index contributed by atoms with van der Waals surface area (Å²) in [5, 5.41) is 3.11. The normalized spacial score (nSPS) is 14.4. The predicted octanol–water partition coefficient (Wildman–Crippen LogP) is 2.70. The van der Waals surface area contributed by atoms with Gasteiger partial charge in [-0.2, -0.15) is 0 Å². The molecular formula is C42H64Cl4N8O5. The maximum absolute atomic E-state index is 13.3. The monoisotopic (exact) mass is 900 g/mol. The molecule has 1 aromatic heterocycles. The molecule has 1 atom stereocenters. The van der Waals surface area contributed by atoms with Gasteiger partial charge in [0.25, 0.3) is 5.91 Å². The number of aryl methyl sites for hydroxylation is 2. The summed E-state index contributed by atoms with van der Waals surface area (Å²) in [7, 11) is 8.01. The van der Waals surface area contributed by atoms with E-state index in [1.807, 2.05) is 52.5 Å². The molecular weight excluding hydrogens is 838 g/mol. The van der Waals surface area contributed by atoms with E-state index >= 15 is 0 Å². The van der Waals surface area contributed by atoms with Crippen LogP contribution in [0.25, 0.3) is 0 Å². The fourth-order valence-corrected chi connectivity index (χ4v) is 7.35. The third-order valence-electron chi connectivity index (χ3n) is 10.2. The first kappa shape index (κ1) is 53.6. The molecule has 17 heteroatoms. The number of nitrogens with one attached hydrogen (secondary N) is 1. The summed E-state index contributed by atoms with van der Waals surface area (Å²) in [6, 6.07) is 16.0. The number of ether oxygens (including phenoxy) is 2. The molecule has 3 aromatic rings. The number of nitrogens with two attached hydrogens (primary N) is 2. The zero-order valence-corrected chi connectivity index (χ0v) is 38.1. The van der Waals surface area contributed by atoms with E-state index in [9.17, 15) is 14.4 Å². The fraction of sp³-hybridized carbons (Fsp3) is 0.548. The van der Waals surface area contributed by atoms with Crippen LogP contribution in [0.5, 0.6) is 11.5 Å². The molecule has 5 N–H and O–H groups in total. The summed E-state index contributed by atoms with van der Waals surface area (Å²) in [4.78, 5) is 50.0. The number of piperidine rings is 1. The molecule has 4 rings (SSSR count). The van der Waals surface area contributed by atoms with E-state index in [0.717, 1.165) is 95.1 Å². The number of anilines is 2. The van der Waals surface area contributed by atoms with Crippen molar-refractivity contribution in [1.82, 2.24) is 25.1 Å². The second-order valence-corrected chi connectivity index (χ2v) is 16.0. The first-order valence-corrected chi connectivity index (χ1v) is 20.2. The number of rotatable bonds is 24. The average Bonchev–Trinajstić information content (AvgIpc) is 3.15. The number of Topliss-reactive ketones (excluding diaryl/α,β-unsaturated/α-hetero) is 2. The highest BCUT2D eigenvalue weighted by molar-refractivity contribution is 6.31. The fourth-order valence-electron chi connectivity index (χ4n) is 7.22. The summed E-state index contributed by atoms with van der Waals surface area (Å²) in [6.07, 6.45) is 8.23. The van der Waals surface area contributed by atoms with Gasteiger partial charge in [0.1, 0.15) is 24.7 Å². The minimum absolute atomic E-state index is 0. The highest BCUT2D eigenvalue weighted by Crippen LogP contribution is 2.25. The zero-order chi connectivity index (χ0) is 40.5. The van der Waals surface area contributed by atoms with Gasteiger partial charge in [-0.1, -0.05) is 35.9 Å². The SMILES string of the molecule is CN(C)CCCC(=O)COc1ccc(CCC[N+]2(CCCc3ccc(OCC(=O)CCCN(C)C)cc3)CCC[C@H](NC(=O)c3nc(Cl)c(N)nc3N)C2)cc1.Cl.Cl.[Cl-]. The van der Waals surface area contributed by atoms with E-state index in [-0.39, 0.29) is 90.5 Å². The van der Waals surface area contributed by atoms with Crippen LogP contribution in [0.1, 0.15) is 73.0 Å². The molecule has 1 aliphatic rings. The lowest BCUT2D eigenvalue weighted by Crippen LogP contribution is -3.00. The van der Waals surface area contributed by atoms with Crippen molar-refractivity contribution < 1.29 is 40.7 Å². The number of nitrogens with zero attached hydrogens (tertiary/aromatic N) is 5. The van der Waals surface area contributed by atoms with Gasteiger partial charge in [-0.05, 0) is 115 Å². The Hall–Kier alpha value is -3.43. The van der Waals surface area contributed by atoms with Gasteiger partial charge in [-0.25, -0.2) is 9.97 Å². The molecule has 0 radical (unpaired) electrons. The number of halogens is 4. The average molecular weight is 903 g/mol. The third-order valence-corrected chi connectivity index (χ3v) is 10.5. The van der Waals surface area contributed by atoms with Crippen LogP contribution < -0.4 is 38.7 Å². The van der Waals surface area contributed by atoms with E-state index in [2.05, 4.69) is 49.4 Å². The van der Waals surface area contributed by atoms with Gasteiger partial charge in [0, 0.05) is 25.7 Å². The third kappa shape index (κ3) is 19.2. The standard InChI is InChI=1S/C42H61ClN8O5.3ClH/c1-49(2)23-5-13-34(52)29-55-36-19-15-31(16-20-36)10-7-25-51(27-9-12-33(28-51)46-42(54)38-40(44)48-41(45)39(43)47-38)26-8-11-32-17-21-37(22-18-32)56-30-35(53)14-6-24-50(3)4;;;/h15-22,33H,5-14,23-30H2,1-4H3,(H4-,44,45,46,48,54);3*1H/t33-;;;/m0.../s1. The molecule has 2 heterocycles. The van der Waals surface area contributed by atoms with Crippen LogP contribution >= 0.6 is 36.4 Å². The first-order chi connectivity index (χ1) is 26.8. The Balaban J connectivity index is 0.00000580. The Morgan fingerprint density at radius 3 is 1.69 bits per heavy atom. The molecule has 1 saturated heterocycles. The highest BCUT2D eigenvalue weighted by atomic mass is 35.5. The number of hydrogen-bond acceptors (Lipinski definition) is 11. The highest BCUT2D eigenvalue weighted by Gasteiger charge is 2.35. The van der Waals surface area contributed by atoms with Gasteiger partial charge in [-0.15, -0.1) is 24.8 Å². The number of carbonyl (C=O) groups is 3. The molecule has 1 aliphatic heterocycles. The largest absolute Gasteiger partial charge is 1.00 e. The van der Waals surface area contributed by atoms with E-state index in [4.69, 9.17) is 32.5 Å². The molecule has 2 aromatic carbocycles. The number of carbonyl (C=O) groups excluding carboxylic acids is 3. The van der Waals surface area contributed by atoms with Crippen LogP contribution in [-0.2, 0) is 22.4 Å². The van der Waals surface area contributed by atoms with E-state index in [1.165, 1.54) is 11.1 Å². The zero-order valence-electron chi connectivity index (χ0n) is 34.9. The smallest absolute Gasteiger partial charge is 0.274 e. The summed E-state index contributed by atoms with van der Waals surface area (Å²) in [6.45, 7) is 5.65. The van der Waals surface area contributed by atoms with Crippen molar-refractivity contribution in [2.24, 2.45) is 0 Å². The molecule has 0 bridgehead atoms. The number of ketones is 2. The maximum Gasteiger partial charge on any atom is 0.274 e. The van der Waals surface area contributed by atoms with Gasteiger partial charge in [0.2, 0.25) is 0 Å². The second-order valence-electron chi connectivity index (χ2n) is 15.6. The summed E-state index contributed by atoms with van der Waals surface area (Å²) >= 11 is 6.08. The van der Waals surface area contributed by atoms with Crippen LogP contribution in [0, 0.1) is 0 Å². The Morgan fingerprint density at radius 1 is 0.763 bits per heavy atom. The van der Waals surface area contributed by atoms with Crippen LogP contribution in [0.15, 0.2) is 48.5 Å². The van der Waals surface area contributed by atoms with Crippen LogP contribution in [-0.4, -0.2) is 128 Å². The van der Waals surface area contributed by atoms with Crippen molar-refractivity contribution in [2.45, 2.75) is 70.3 Å². The van der Waals surface area contributed by atoms with E-state index < -0.39 is 5.91 Å². The van der Waals surface area contributed by atoms with Gasteiger partial charge >= 0.3 is 0 Å².